The summed E-state index contributed by atoms with van der Waals surface area (Å²) in [6.07, 6.45) is 4.52. The molecule has 1 saturated carbocycles. The standard InChI is InChI=1S/C17H19NO5S/c1-7-8(2)24-15(11(7)17(22)23-3)18-14(19)12-9-4-5-10(6-9)13(12)16(20)21/h4-5,9-10,12-13H,6H2,1-3H3,(H,18,19)(H,20,21). The monoisotopic (exact) mass is 349 g/mol. The maximum atomic E-state index is 12.7. The van der Waals surface area contributed by atoms with Gasteiger partial charge in [-0.1, -0.05) is 12.2 Å². The Morgan fingerprint density at radius 2 is 1.83 bits per heavy atom. The maximum Gasteiger partial charge on any atom is 0.341 e. The average molecular weight is 349 g/mol. The van der Waals surface area contributed by atoms with Crippen LogP contribution in [-0.4, -0.2) is 30.1 Å². The van der Waals surface area contributed by atoms with E-state index in [2.05, 4.69) is 5.32 Å². The third kappa shape index (κ3) is 2.53. The number of aryl methyl sites for hydroxylation is 1. The van der Waals surface area contributed by atoms with Gasteiger partial charge in [-0.05, 0) is 37.7 Å². The summed E-state index contributed by atoms with van der Waals surface area (Å²) in [5.74, 6) is -3.25. The van der Waals surface area contributed by atoms with E-state index in [9.17, 15) is 19.5 Å². The summed E-state index contributed by atoms with van der Waals surface area (Å²) in [6, 6.07) is 0. The van der Waals surface area contributed by atoms with Gasteiger partial charge in [-0.3, -0.25) is 9.59 Å². The highest BCUT2D eigenvalue weighted by Gasteiger charge is 2.51. The number of fused-ring (bicyclic) bond motifs is 2. The molecular weight excluding hydrogens is 330 g/mol. The lowest BCUT2D eigenvalue weighted by Crippen LogP contribution is -2.36. The third-order valence-corrected chi connectivity index (χ3v) is 6.18. The fourth-order valence-corrected chi connectivity index (χ4v) is 4.83. The molecule has 0 aliphatic heterocycles. The number of anilines is 1. The highest BCUT2D eigenvalue weighted by atomic mass is 32.1. The molecule has 1 heterocycles. The minimum absolute atomic E-state index is 0.0557. The lowest BCUT2D eigenvalue weighted by atomic mass is 9.82. The zero-order chi connectivity index (χ0) is 17.6. The summed E-state index contributed by atoms with van der Waals surface area (Å²) < 4.78 is 4.80. The van der Waals surface area contributed by atoms with E-state index < -0.39 is 23.8 Å². The van der Waals surface area contributed by atoms with Crippen molar-refractivity contribution in [2.45, 2.75) is 20.3 Å². The van der Waals surface area contributed by atoms with Crippen LogP contribution in [0.5, 0.6) is 0 Å². The number of aliphatic carboxylic acids is 1. The van der Waals surface area contributed by atoms with Crippen LogP contribution in [0.4, 0.5) is 5.00 Å². The van der Waals surface area contributed by atoms with Gasteiger partial charge < -0.3 is 15.2 Å². The van der Waals surface area contributed by atoms with Crippen molar-refractivity contribution in [2.24, 2.45) is 23.7 Å². The molecule has 1 aromatic heterocycles. The molecule has 2 aliphatic carbocycles. The van der Waals surface area contributed by atoms with Crippen LogP contribution in [0.25, 0.3) is 0 Å². The predicted octanol–water partition coefficient (Wildman–Crippen LogP) is 2.61. The van der Waals surface area contributed by atoms with Crippen molar-refractivity contribution in [3.05, 3.63) is 28.2 Å². The molecule has 0 spiro atoms. The topological polar surface area (TPSA) is 92.7 Å². The SMILES string of the molecule is COC(=O)c1c(NC(=O)C2C3C=CC(C3)C2C(=O)O)sc(C)c1C. The molecule has 1 fully saturated rings. The number of methoxy groups -OCH3 is 1. The normalized spacial score (nSPS) is 27.3. The van der Waals surface area contributed by atoms with Gasteiger partial charge in [0.1, 0.15) is 5.00 Å². The number of carboxylic acid groups (broad SMARTS) is 1. The number of hydrogen-bond acceptors (Lipinski definition) is 5. The highest BCUT2D eigenvalue weighted by molar-refractivity contribution is 7.16. The Balaban J connectivity index is 1.88. The molecule has 24 heavy (non-hydrogen) atoms. The average Bonchev–Trinajstić information content (AvgIpc) is 3.21. The van der Waals surface area contributed by atoms with Crippen LogP contribution in [0, 0.1) is 37.5 Å². The molecule has 4 unspecified atom stereocenters. The number of ether oxygens (including phenoxy) is 1. The minimum Gasteiger partial charge on any atom is -0.481 e. The van der Waals surface area contributed by atoms with E-state index in [1.807, 2.05) is 19.1 Å². The first-order valence-electron chi connectivity index (χ1n) is 7.75. The van der Waals surface area contributed by atoms with Crippen LogP contribution in [0.15, 0.2) is 12.2 Å². The zero-order valence-corrected chi connectivity index (χ0v) is 14.5. The number of thiophene rings is 1. The molecule has 2 N–H and O–H groups in total. The van der Waals surface area contributed by atoms with E-state index in [1.165, 1.54) is 18.4 Å². The number of amides is 1. The second-order valence-corrected chi connectivity index (χ2v) is 7.53. The first kappa shape index (κ1) is 16.7. The molecule has 1 amide bonds. The fraction of sp³-hybridized carbons (Fsp3) is 0.471. The van der Waals surface area contributed by atoms with Crippen molar-refractivity contribution in [1.29, 1.82) is 0 Å². The van der Waals surface area contributed by atoms with E-state index in [-0.39, 0.29) is 17.7 Å². The maximum absolute atomic E-state index is 12.7. The zero-order valence-electron chi connectivity index (χ0n) is 13.7. The Labute approximate surface area is 143 Å². The Kier molecular flexibility index (Phi) is 4.21. The third-order valence-electron chi connectivity index (χ3n) is 5.06. The molecule has 0 saturated heterocycles. The van der Waals surface area contributed by atoms with E-state index in [4.69, 9.17) is 4.74 Å². The van der Waals surface area contributed by atoms with Gasteiger partial charge in [0.15, 0.2) is 0 Å². The van der Waals surface area contributed by atoms with Gasteiger partial charge in [0.25, 0.3) is 0 Å². The van der Waals surface area contributed by atoms with Gasteiger partial charge in [0, 0.05) is 4.88 Å². The quantitative estimate of drug-likeness (QED) is 0.644. The molecule has 0 radical (unpaired) electrons. The number of hydrogen-bond donors (Lipinski definition) is 2. The van der Waals surface area contributed by atoms with E-state index in [1.54, 1.807) is 6.92 Å². The van der Waals surface area contributed by atoms with E-state index >= 15 is 0 Å². The van der Waals surface area contributed by atoms with Crippen LogP contribution < -0.4 is 5.32 Å². The second-order valence-electron chi connectivity index (χ2n) is 6.31. The number of carboxylic acids is 1. The summed E-state index contributed by atoms with van der Waals surface area (Å²) in [7, 11) is 1.29. The van der Waals surface area contributed by atoms with Gasteiger partial charge >= 0.3 is 11.9 Å². The predicted molar refractivity (Wildman–Crippen MR) is 89.1 cm³/mol. The number of nitrogens with one attached hydrogen (secondary N) is 1. The molecule has 0 aromatic carbocycles. The number of carbonyl (C=O) groups is 3. The molecular formula is C17H19NO5S. The van der Waals surface area contributed by atoms with Crippen LogP contribution in [0.1, 0.15) is 27.2 Å². The number of carbonyl (C=O) groups excluding carboxylic acids is 2. The fourth-order valence-electron chi connectivity index (χ4n) is 3.77. The van der Waals surface area contributed by atoms with Crippen LogP contribution >= 0.6 is 11.3 Å². The Morgan fingerprint density at radius 3 is 2.42 bits per heavy atom. The molecule has 4 atom stereocenters. The highest BCUT2D eigenvalue weighted by Crippen LogP contribution is 2.48. The minimum atomic E-state index is -0.946. The van der Waals surface area contributed by atoms with Gasteiger partial charge in [0.2, 0.25) is 5.91 Å². The Hall–Kier alpha value is -2.15. The molecule has 7 heteroatoms. The number of esters is 1. The summed E-state index contributed by atoms with van der Waals surface area (Å²) >= 11 is 1.30. The van der Waals surface area contributed by atoms with Crippen molar-refractivity contribution in [3.8, 4) is 0 Å². The molecule has 1 aromatic rings. The first-order valence-corrected chi connectivity index (χ1v) is 8.57. The first-order chi connectivity index (χ1) is 11.3. The second kappa shape index (κ2) is 6.05. The van der Waals surface area contributed by atoms with Crippen molar-refractivity contribution in [2.75, 3.05) is 12.4 Å². The Morgan fingerprint density at radius 1 is 1.21 bits per heavy atom. The Bertz CT molecular complexity index is 750. The number of rotatable bonds is 4. The van der Waals surface area contributed by atoms with Crippen molar-refractivity contribution < 1.29 is 24.2 Å². The molecule has 6 nitrogen and oxygen atoms in total. The lowest BCUT2D eigenvalue weighted by molar-refractivity contribution is -0.146. The summed E-state index contributed by atoms with van der Waals surface area (Å²) in [4.78, 5) is 37.2. The van der Waals surface area contributed by atoms with Gasteiger partial charge in [-0.2, -0.15) is 0 Å². The van der Waals surface area contributed by atoms with Crippen molar-refractivity contribution in [3.63, 3.8) is 0 Å². The summed E-state index contributed by atoms with van der Waals surface area (Å²) in [5.41, 5.74) is 1.11. The van der Waals surface area contributed by atoms with Crippen LogP contribution in [0.2, 0.25) is 0 Å². The number of allylic oxidation sites excluding steroid dienone is 2. The van der Waals surface area contributed by atoms with Gasteiger partial charge in [-0.25, -0.2) is 4.79 Å². The van der Waals surface area contributed by atoms with Gasteiger partial charge in [-0.15, -0.1) is 11.3 Å². The van der Waals surface area contributed by atoms with Crippen LogP contribution in [-0.2, 0) is 14.3 Å². The van der Waals surface area contributed by atoms with Crippen molar-refractivity contribution in [1.82, 2.24) is 0 Å². The van der Waals surface area contributed by atoms with E-state index in [0.29, 0.717) is 17.0 Å². The van der Waals surface area contributed by atoms with E-state index in [0.717, 1.165) is 10.4 Å². The van der Waals surface area contributed by atoms with Gasteiger partial charge in [0.05, 0.1) is 24.5 Å². The molecule has 2 aliphatic rings. The summed E-state index contributed by atoms with van der Waals surface area (Å²) in [6.45, 7) is 3.66. The summed E-state index contributed by atoms with van der Waals surface area (Å²) in [5, 5.41) is 12.7. The molecule has 3 rings (SSSR count). The lowest BCUT2D eigenvalue weighted by Gasteiger charge is -2.23. The molecule has 2 bridgehead atoms. The largest absolute Gasteiger partial charge is 0.481 e. The molecule has 128 valence electrons. The van der Waals surface area contributed by atoms with Crippen molar-refractivity contribution >= 4 is 34.2 Å². The smallest absolute Gasteiger partial charge is 0.341 e. The van der Waals surface area contributed by atoms with Crippen LogP contribution in [0.3, 0.4) is 0 Å².